The molecule has 0 aliphatic carbocycles. The molecule has 0 aromatic carbocycles. The highest BCUT2D eigenvalue weighted by Gasteiger charge is 2.12. The number of thiazole rings is 1. The summed E-state index contributed by atoms with van der Waals surface area (Å²) in [5.74, 6) is 0.697. The molecule has 0 saturated carbocycles. The van der Waals surface area contributed by atoms with E-state index in [1.165, 1.54) is 21.1 Å². The summed E-state index contributed by atoms with van der Waals surface area (Å²) < 4.78 is 0. The third-order valence-electron chi connectivity index (χ3n) is 2.19. The van der Waals surface area contributed by atoms with Crippen molar-refractivity contribution in [2.24, 2.45) is 5.92 Å². The number of aromatic nitrogens is 1. The topological polar surface area (TPSA) is 12.9 Å². The summed E-state index contributed by atoms with van der Waals surface area (Å²) >= 11 is 3.57. The van der Waals surface area contributed by atoms with Gasteiger partial charge in [-0.3, -0.25) is 0 Å². The van der Waals surface area contributed by atoms with Crippen molar-refractivity contribution in [2.45, 2.75) is 27.2 Å². The molecule has 0 radical (unpaired) electrons. The Morgan fingerprint density at radius 1 is 1.40 bits per heavy atom. The lowest BCUT2D eigenvalue weighted by atomic mass is 10.1. The first kappa shape index (κ1) is 10.8. The first-order valence-corrected chi connectivity index (χ1v) is 6.91. The van der Waals surface area contributed by atoms with Gasteiger partial charge in [0.15, 0.2) is 0 Å². The zero-order valence-corrected chi connectivity index (χ0v) is 10.9. The van der Waals surface area contributed by atoms with Crippen LogP contribution in [-0.2, 0) is 6.42 Å². The Morgan fingerprint density at radius 3 is 2.80 bits per heavy atom. The molecule has 0 aliphatic rings. The second-order valence-corrected chi connectivity index (χ2v) is 6.18. The molecule has 80 valence electrons. The zero-order chi connectivity index (χ0) is 10.8. The normalized spacial score (nSPS) is 11.2. The fourth-order valence-electron chi connectivity index (χ4n) is 1.60. The van der Waals surface area contributed by atoms with E-state index in [1.807, 2.05) is 11.3 Å². The predicted molar refractivity (Wildman–Crippen MR) is 68.7 cm³/mol. The van der Waals surface area contributed by atoms with Crippen LogP contribution in [0.2, 0.25) is 0 Å². The molecule has 15 heavy (non-hydrogen) atoms. The molecule has 1 nitrogen and oxygen atoms in total. The van der Waals surface area contributed by atoms with Crippen molar-refractivity contribution in [1.29, 1.82) is 0 Å². The molecular formula is C12H15NS2. The van der Waals surface area contributed by atoms with Gasteiger partial charge in [-0.05, 0) is 30.7 Å². The molecule has 0 bridgehead atoms. The van der Waals surface area contributed by atoms with Crippen molar-refractivity contribution in [3.8, 4) is 11.3 Å². The lowest BCUT2D eigenvalue weighted by Crippen LogP contribution is -1.93. The van der Waals surface area contributed by atoms with Crippen LogP contribution in [0.3, 0.4) is 0 Å². The van der Waals surface area contributed by atoms with Gasteiger partial charge < -0.3 is 0 Å². The van der Waals surface area contributed by atoms with Crippen molar-refractivity contribution in [3.63, 3.8) is 0 Å². The smallest absolute Gasteiger partial charge is 0.0904 e. The van der Waals surface area contributed by atoms with Crippen molar-refractivity contribution in [1.82, 2.24) is 4.98 Å². The summed E-state index contributed by atoms with van der Waals surface area (Å²) in [7, 11) is 0. The number of nitrogens with zero attached hydrogens (tertiary/aromatic N) is 1. The highest BCUT2D eigenvalue weighted by molar-refractivity contribution is 7.12. The van der Waals surface area contributed by atoms with Crippen LogP contribution < -0.4 is 0 Å². The van der Waals surface area contributed by atoms with Crippen molar-refractivity contribution in [3.05, 3.63) is 26.7 Å². The van der Waals surface area contributed by atoms with Gasteiger partial charge in [0.2, 0.25) is 0 Å². The van der Waals surface area contributed by atoms with Gasteiger partial charge in [-0.1, -0.05) is 13.8 Å². The van der Waals surface area contributed by atoms with E-state index in [-0.39, 0.29) is 0 Å². The van der Waals surface area contributed by atoms with E-state index in [2.05, 4.69) is 42.6 Å². The summed E-state index contributed by atoms with van der Waals surface area (Å²) in [4.78, 5) is 6.06. The van der Waals surface area contributed by atoms with Crippen molar-refractivity contribution >= 4 is 22.7 Å². The fourth-order valence-corrected chi connectivity index (χ4v) is 3.41. The van der Waals surface area contributed by atoms with E-state index in [9.17, 15) is 0 Å². The number of rotatable bonds is 3. The molecule has 0 spiro atoms. The summed E-state index contributed by atoms with van der Waals surface area (Å²) in [6, 6.07) is 2.16. The number of aryl methyl sites for hydroxylation is 1. The Labute approximate surface area is 98.8 Å². The van der Waals surface area contributed by atoms with Gasteiger partial charge in [-0.25, -0.2) is 4.98 Å². The first-order chi connectivity index (χ1) is 7.16. The third kappa shape index (κ3) is 2.47. The summed E-state index contributed by atoms with van der Waals surface area (Å²) in [6.45, 7) is 6.60. The van der Waals surface area contributed by atoms with Gasteiger partial charge in [-0.15, -0.1) is 11.3 Å². The molecule has 0 N–H and O–H groups in total. The van der Waals surface area contributed by atoms with Gasteiger partial charge in [0, 0.05) is 15.8 Å². The molecule has 0 unspecified atom stereocenters. The predicted octanol–water partition coefficient (Wildman–Crippen LogP) is 4.38. The molecule has 2 aromatic rings. The Hall–Kier alpha value is -0.670. The molecule has 0 amide bonds. The quantitative estimate of drug-likeness (QED) is 0.772. The van der Waals surface area contributed by atoms with E-state index in [4.69, 9.17) is 0 Å². The maximum atomic E-state index is 4.63. The molecule has 0 saturated heterocycles. The van der Waals surface area contributed by atoms with E-state index < -0.39 is 0 Å². The van der Waals surface area contributed by atoms with E-state index in [1.54, 1.807) is 11.3 Å². The minimum Gasteiger partial charge on any atom is -0.241 e. The van der Waals surface area contributed by atoms with E-state index in [0.717, 1.165) is 6.42 Å². The summed E-state index contributed by atoms with van der Waals surface area (Å²) in [6.07, 6.45) is 1.14. The van der Waals surface area contributed by atoms with Gasteiger partial charge in [0.1, 0.15) is 0 Å². The number of thiophene rings is 1. The maximum Gasteiger partial charge on any atom is 0.0904 e. The molecular weight excluding hydrogens is 222 g/mol. The lowest BCUT2D eigenvalue weighted by molar-refractivity contribution is 0.654. The summed E-state index contributed by atoms with van der Waals surface area (Å²) in [5, 5.41) is 5.47. The Morgan fingerprint density at radius 2 is 2.20 bits per heavy atom. The van der Waals surface area contributed by atoms with Crippen LogP contribution in [0.1, 0.15) is 23.7 Å². The molecule has 0 atom stereocenters. The molecule has 2 heterocycles. The fraction of sp³-hybridized carbons (Fsp3) is 0.417. The zero-order valence-electron chi connectivity index (χ0n) is 9.28. The van der Waals surface area contributed by atoms with E-state index in [0.29, 0.717) is 5.92 Å². The number of hydrogen-bond donors (Lipinski definition) is 0. The van der Waals surface area contributed by atoms with Gasteiger partial charge in [0.05, 0.1) is 10.7 Å². The molecule has 2 aromatic heterocycles. The molecule has 2 rings (SSSR count). The largest absolute Gasteiger partial charge is 0.241 e. The minimum absolute atomic E-state index is 0.697. The monoisotopic (exact) mass is 237 g/mol. The maximum absolute atomic E-state index is 4.63. The highest BCUT2D eigenvalue weighted by atomic mass is 32.1. The van der Waals surface area contributed by atoms with Crippen LogP contribution in [-0.4, -0.2) is 4.98 Å². The molecule has 0 fully saturated rings. The van der Waals surface area contributed by atoms with Crippen molar-refractivity contribution in [2.75, 3.05) is 0 Å². The second kappa shape index (κ2) is 4.45. The van der Waals surface area contributed by atoms with Crippen LogP contribution in [0.15, 0.2) is 16.8 Å². The van der Waals surface area contributed by atoms with Crippen molar-refractivity contribution < 1.29 is 0 Å². The standard InChI is InChI=1S/C12H15NS2/c1-8(2)6-11-12(13-9(3)15-11)10-4-5-14-7-10/h4-5,7-8H,6H2,1-3H3. The van der Waals surface area contributed by atoms with Crippen LogP contribution in [0.25, 0.3) is 11.3 Å². The minimum atomic E-state index is 0.697. The summed E-state index contributed by atoms with van der Waals surface area (Å²) in [5.41, 5.74) is 2.48. The Bertz CT molecular complexity index is 426. The Balaban J connectivity index is 2.38. The van der Waals surface area contributed by atoms with Crippen LogP contribution >= 0.6 is 22.7 Å². The lowest BCUT2D eigenvalue weighted by Gasteiger charge is -2.03. The Kier molecular flexibility index (Phi) is 3.22. The van der Waals surface area contributed by atoms with Crippen LogP contribution in [0.5, 0.6) is 0 Å². The highest BCUT2D eigenvalue weighted by Crippen LogP contribution is 2.31. The first-order valence-electron chi connectivity index (χ1n) is 5.15. The SMILES string of the molecule is Cc1nc(-c2ccsc2)c(CC(C)C)s1. The number of hydrogen-bond acceptors (Lipinski definition) is 3. The van der Waals surface area contributed by atoms with Crippen LogP contribution in [0, 0.1) is 12.8 Å². The second-order valence-electron chi connectivity index (χ2n) is 4.11. The third-order valence-corrected chi connectivity index (χ3v) is 3.87. The molecule has 3 heteroatoms. The van der Waals surface area contributed by atoms with Crippen LogP contribution in [0.4, 0.5) is 0 Å². The average Bonchev–Trinajstić information content (AvgIpc) is 2.72. The average molecular weight is 237 g/mol. The molecule has 0 aliphatic heterocycles. The van der Waals surface area contributed by atoms with E-state index >= 15 is 0 Å². The van der Waals surface area contributed by atoms with Gasteiger partial charge >= 0.3 is 0 Å². The van der Waals surface area contributed by atoms with Gasteiger partial charge in [0.25, 0.3) is 0 Å². The van der Waals surface area contributed by atoms with Gasteiger partial charge in [-0.2, -0.15) is 11.3 Å².